The van der Waals surface area contributed by atoms with E-state index in [4.69, 9.17) is 9.47 Å². The van der Waals surface area contributed by atoms with E-state index in [0.29, 0.717) is 0 Å². The molecule has 28 heavy (non-hydrogen) atoms. The van der Waals surface area contributed by atoms with Crippen molar-refractivity contribution in [3.05, 3.63) is 0 Å². The van der Waals surface area contributed by atoms with E-state index in [1.807, 2.05) is 13.8 Å². The Hall–Kier alpha value is -1.15. The quantitative estimate of drug-likeness (QED) is 0.288. The Bertz CT molecular complexity index is 545. The van der Waals surface area contributed by atoms with Crippen LogP contribution in [0, 0.1) is 11.8 Å². The minimum absolute atomic E-state index is 0.0748. The average Bonchev–Trinajstić information content (AvgIpc) is 2.64. The van der Waals surface area contributed by atoms with E-state index >= 15 is 0 Å². The highest BCUT2D eigenvalue weighted by molar-refractivity contribution is 7.86. The normalized spacial score (nSPS) is 14.9. The molecule has 0 radical (unpaired) electrons. The maximum Gasteiger partial charge on any atom is 0.307 e. The first-order valence-electron chi connectivity index (χ1n) is 10.5. The molecule has 7 nitrogen and oxygen atoms in total. The van der Waals surface area contributed by atoms with Crippen molar-refractivity contribution in [2.45, 2.75) is 97.3 Å². The van der Waals surface area contributed by atoms with E-state index in [1.165, 1.54) is 0 Å². The van der Waals surface area contributed by atoms with Crippen molar-refractivity contribution < 1.29 is 32.0 Å². The van der Waals surface area contributed by atoms with Gasteiger partial charge < -0.3 is 9.47 Å². The van der Waals surface area contributed by atoms with Crippen LogP contribution in [-0.4, -0.2) is 37.0 Å². The van der Waals surface area contributed by atoms with Gasteiger partial charge in [0.2, 0.25) is 0 Å². The monoisotopic (exact) mass is 422 g/mol. The third kappa shape index (κ3) is 12.3. The maximum absolute atomic E-state index is 12.1. The van der Waals surface area contributed by atoms with Crippen molar-refractivity contribution in [2.75, 3.05) is 6.61 Å². The van der Waals surface area contributed by atoms with Crippen molar-refractivity contribution in [1.29, 1.82) is 0 Å². The Morgan fingerprint density at radius 2 is 1.32 bits per heavy atom. The van der Waals surface area contributed by atoms with Crippen molar-refractivity contribution in [3.8, 4) is 0 Å². The maximum atomic E-state index is 12.1. The number of ether oxygens (including phenoxy) is 2. The van der Waals surface area contributed by atoms with Gasteiger partial charge in [-0.3, -0.25) is 14.1 Å². The van der Waals surface area contributed by atoms with Gasteiger partial charge in [0.15, 0.2) is 0 Å². The van der Waals surface area contributed by atoms with Crippen LogP contribution in [-0.2, 0) is 29.2 Å². The summed E-state index contributed by atoms with van der Waals surface area (Å²) >= 11 is 0. The molecule has 8 heteroatoms. The number of rotatable bonds is 16. The molecule has 0 heterocycles. The van der Waals surface area contributed by atoms with Gasteiger partial charge in [0.25, 0.3) is 5.44 Å². The highest BCUT2D eigenvalue weighted by atomic mass is 32.2. The fraction of sp³-hybridized carbons (Fsp3) is 0.900. The topological polar surface area (TPSA) is 107 Å². The Balaban J connectivity index is 4.67. The smallest absolute Gasteiger partial charge is 0.307 e. The Labute approximate surface area is 170 Å². The predicted octanol–water partition coefficient (Wildman–Crippen LogP) is 4.50. The molecule has 0 saturated heterocycles. The van der Waals surface area contributed by atoms with Crippen LogP contribution in [0.4, 0.5) is 0 Å². The molecule has 0 bridgehead atoms. The molecule has 0 spiro atoms. The third-order valence-electron chi connectivity index (χ3n) is 4.97. The number of esters is 2. The van der Waals surface area contributed by atoms with Crippen LogP contribution in [0.2, 0.25) is 0 Å². The fourth-order valence-corrected chi connectivity index (χ4v) is 3.42. The fourth-order valence-electron chi connectivity index (χ4n) is 2.95. The lowest BCUT2D eigenvalue weighted by atomic mass is 9.96. The molecule has 166 valence electrons. The van der Waals surface area contributed by atoms with Crippen LogP contribution in [0.15, 0.2) is 0 Å². The molecule has 1 N–H and O–H groups in total. The highest BCUT2D eigenvalue weighted by Crippen LogP contribution is 2.19. The molecule has 0 aliphatic rings. The van der Waals surface area contributed by atoms with Gasteiger partial charge in [0.05, 0.1) is 0 Å². The second-order valence-electron chi connectivity index (χ2n) is 7.36. The van der Waals surface area contributed by atoms with E-state index in [0.717, 1.165) is 51.4 Å². The van der Waals surface area contributed by atoms with Gasteiger partial charge in [-0.2, -0.15) is 8.42 Å². The summed E-state index contributed by atoms with van der Waals surface area (Å²) in [6.07, 6.45) is 7.62. The van der Waals surface area contributed by atoms with E-state index in [1.54, 1.807) is 0 Å². The van der Waals surface area contributed by atoms with Crippen LogP contribution < -0.4 is 0 Å². The van der Waals surface area contributed by atoms with Crippen LogP contribution in [0.1, 0.15) is 91.9 Å². The molecule has 3 unspecified atom stereocenters. The number of carbonyl (C=O) groups excluding carboxylic acids is 2. The Kier molecular flexibility index (Phi) is 14.2. The molecular formula is C20H38O7S. The minimum Gasteiger partial charge on any atom is -0.460 e. The molecule has 3 atom stereocenters. The summed E-state index contributed by atoms with van der Waals surface area (Å²) in [5.41, 5.74) is -1.89. The second-order valence-corrected chi connectivity index (χ2v) is 8.91. The van der Waals surface area contributed by atoms with E-state index in [2.05, 4.69) is 13.8 Å². The first kappa shape index (κ1) is 26.9. The van der Waals surface area contributed by atoms with Crippen LogP contribution in [0.5, 0.6) is 0 Å². The summed E-state index contributed by atoms with van der Waals surface area (Å²) < 4.78 is 42.3. The molecular weight excluding hydrogens is 384 g/mol. The van der Waals surface area contributed by atoms with Gasteiger partial charge in [-0.15, -0.1) is 0 Å². The zero-order valence-electron chi connectivity index (χ0n) is 17.8. The van der Waals surface area contributed by atoms with Gasteiger partial charge in [0.1, 0.15) is 6.61 Å². The predicted molar refractivity (Wildman–Crippen MR) is 108 cm³/mol. The van der Waals surface area contributed by atoms with Crippen molar-refractivity contribution in [3.63, 3.8) is 0 Å². The van der Waals surface area contributed by atoms with Crippen molar-refractivity contribution in [1.82, 2.24) is 0 Å². The van der Waals surface area contributed by atoms with Gasteiger partial charge in [0, 0.05) is 12.8 Å². The lowest BCUT2D eigenvalue weighted by Gasteiger charge is -2.19. The number of carbonyl (C=O) groups is 2. The van der Waals surface area contributed by atoms with Crippen LogP contribution in [0.3, 0.4) is 0 Å². The molecule has 0 aromatic heterocycles. The number of hydrogen-bond donors (Lipinski definition) is 1. The molecule has 0 amide bonds. The molecule has 0 aromatic carbocycles. The van der Waals surface area contributed by atoms with E-state index in [-0.39, 0.29) is 24.7 Å². The standard InChI is InChI=1S/C20H38O7S/c1-5-9-11-16(7-3)13-18(21)26-15-20(28(23,24)25)27-19(22)14-17(8-4)12-10-6-2/h16-17,20H,5-15H2,1-4H3,(H,23,24,25). The SMILES string of the molecule is CCCCC(CC)CC(=O)OCC(OC(=O)CC(CC)CCCC)S(=O)(=O)O. The molecule has 0 fully saturated rings. The first-order chi connectivity index (χ1) is 13.2. The lowest BCUT2D eigenvalue weighted by molar-refractivity contribution is -0.156. The van der Waals surface area contributed by atoms with Gasteiger partial charge in [-0.1, -0.05) is 66.2 Å². The Morgan fingerprint density at radius 1 is 0.857 bits per heavy atom. The highest BCUT2D eigenvalue weighted by Gasteiger charge is 2.30. The summed E-state index contributed by atoms with van der Waals surface area (Å²) in [7, 11) is -4.68. The van der Waals surface area contributed by atoms with Crippen LogP contribution in [0.25, 0.3) is 0 Å². The number of hydrogen-bond acceptors (Lipinski definition) is 6. The largest absolute Gasteiger partial charge is 0.460 e. The zero-order chi connectivity index (χ0) is 21.6. The minimum atomic E-state index is -4.68. The summed E-state index contributed by atoms with van der Waals surface area (Å²) in [5, 5.41) is 0. The summed E-state index contributed by atoms with van der Waals surface area (Å²) in [4.78, 5) is 24.1. The van der Waals surface area contributed by atoms with Gasteiger partial charge in [-0.25, -0.2) is 0 Å². The molecule has 0 aromatic rings. The first-order valence-corrected chi connectivity index (χ1v) is 12.0. The van der Waals surface area contributed by atoms with Crippen molar-refractivity contribution in [2.24, 2.45) is 11.8 Å². The summed E-state index contributed by atoms with van der Waals surface area (Å²) in [6, 6.07) is 0. The van der Waals surface area contributed by atoms with Gasteiger partial charge >= 0.3 is 22.1 Å². The van der Waals surface area contributed by atoms with Crippen molar-refractivity contribution >= 4 is 22.1 Å². The second kappa shape index (κ2) is 14.8. The molecule has 0 aliphatic carbocycles. The average molecular weight is 423 g/mol. The lowest BCUT2D eigenvalue weighted by Crippen LogP contribution is -2.33. The third-order valence-corrected chi connectivity index (χ3v) is 5.87. The van der Waals surface area contributed by atoms with E-state index in [9.17, 15) is 22.6 Å². The zero-order valence-corrected chi connectivity index (χ0v) is 18.6. The molecule has 0 aliphatic heterocycles. The van der Waals surface area contributed by atoms with E-state index < -0.39 is 34.1 Å². The van der Waals surface area contributed by atoms with Crippen LogP contribution >= 0.6 is 0 Å². The van der Waals surface area contributed by atoms with Gasteiger partial charge in [-0.05, 0) is 24.7 Å². The number of unbranched alkanes of at least 4 members (excludes halogenated alkanes) is 2. The summed E-state index contributed by atoms with van der Waals surface area (Å²) in [6.45, 7) is 7.37. The molecule has 0 rings (SSSR count). The summed E-state index contributed by atoms with van der Waals surface area (Å²) in [5.74, 6) is -0.998. The Morgan fingerprint density at radius 3 is 1.71 bits per heavy atom. The molecule has 0 saturated carbocycles.